The molecule has 0 unspecified atom stereocenters. The summed E-state index contributed by atoms with van der Waals surface area (Å²) in [6.45, 7) is 6.33. The Morgan fingerprint density at radius 3 is 2.48 bits per heavy atom. The Balaban J connectivity index is 1.87. The number of ether oxygens (including phenoxy) is 1. The summed E-state index contributed by atoms with van der Waals surface area (Å²) >= 11 is 0. The number of carbonyl (C=O) groups is 1. The van der Waals surface area contributed by atoms with Crippen LogP contribution in [0.4, 0.5) is 11.4 Å². The zero-order valence-corrected chi connectivity index (χ0v) is 18.8. The molecule has 2 aromatic rings. The smallest absolute Gasteiger partial charge is 0.293 e. The molecule has 2 aromatic carbocycles. The van der Waals surface area contributed by atoms with Gasteiger partial charge in [0.2, 0.25) is 0 Å². The summed E-state index contributed by atoms with van der Waals surface area (Å²) in [4.78, 5) is 22.5. The third kappa shape index (κ3) is 6.95. The largest absolute Gasteiger partial charge is 0.483 e. The van der Waals surface area contributed by atoms with Crippen molar-refractivity contribution in [2.45, 2.75) is 31.6 Å². The number of nitrogens with zero attached hydrogens (tertiary/aromatic N) is 1. The van der Waals surface area contributed by atoms with Gasteiger partial charge in [-0.25, -0.2) is 8.42 Å². The van der Waals surface area contributed by atoms with Crippen LogP contribution in [0.15, 0.2) is 41.3 Å². The van der Waals surface area contributed by atoms with E-state index in [1.54, 1.807) is 0 Å². The van der Waals surface area contributed by atoms with Gasteiger partial charge in [-0.2, -0.15) is 0 Å². The summed E-state index contributed by atoms with van der Waals surface area (Å²) in [6.07, 6.45) is 0.983. The second kappa shape index (κ2) is 10.3. The molecule has 0 aliphatic rings. The summed E-state index contributed by atoms with van der Waals surface area (Å²) < 4.78 is 28.8. The molecule has 0 fully saturated rings. The van der Waals surface area contributed by atoms with Gasteiger partial charge in [-0.3, -0.25) is 14.9 Å². The first-order chi connectivity index (χ1) is 14.5. The maximum atomic E-state index is 12.0. The van der Waals surface area contributed by atoms with Crippen molar-refractivity contribution in [3.63, 3.8) is 0 Å². The second-order valence-electron chi connectivity index (χ2n) is 7.45. The lowest BCUT2D eigenvalue weighted by Crippen LogP contribution is -2.32. The van der Waals surface area contributed by atoms with Crippen molar-refractivity contribution in [2.75, 3.05) is 31.3 Å². The van der Waals surface area contributed by atoms with E-state index in [0.29, 0.717) is 11.7 Å². The van der Waals surface area contributed by atoms with Crippen LogP contribution in [0.3, 0.4) is 0 Å². The monoisotopic (exact) mass is 449 g/mol. The number of hydrogen-bond donors (Lipinski definition) is 2. The summed E-state index contributed by atoms with van der Waals surface area (Å²) in [6, 6.07) is 9.55. The minimum absolute atomic E-state index is 0.132. The van der Waals surface area contributed by atoms with Crippen molar-refractivity contribution in [1.82, 2.24) is 5.32 Å². The first-order valence-corrected chi connectivity index (χ1v) is 11.6. The Kier molecular flexibility index (Phi) is 7.98. The van der Waals surface area contributed by atoms with Crippen LogP contribution in [0.2, 0.25) is 0 Å². The molecule has 9 nitrogen and oxygen atoms in total. The minimum Gasteiger partial charge on any atom is -0.483 e. The summed E-state index contributed by atoms with van der Waals surface area (Å²) in [5, 5.41) is 16.8. The van der Waals surface area contributed by atoms with E-state index in [1.807, 2.05) is 25.1 Å². The highest BCUT2D eigenvalue weighted by molar-refractivity contribution is 7.90. The standard InChI is InChI=1S/C21H27N3O6S/c1-14(2)16-6-5-15(3)20(11-16)30-13-21(25)23-10-9-22-18-8-7-17(31(4,28)29)12-19(18)24(26)27/h5-8,11-12,14,22H,9-10,13H2,1-4H3,(H,23,25). The Labute approximate surface area is 181 Å². The van der Waals surface area contributed by atoms with Crippen LogP contribution in [0.1, 0.15) is 30.9 Å². The highest BCUT2D eigenvalue weighted by Gasteiger charge is 2.18. The molecule has 1 amide bonds. The van der Waals surface area contributed by atoms with Crippen LogP contribution >= 0.6 is 0 Å². The SMILES string of the molecule is Cc1ccc(C(C)C)cc1OCC(=O)NCCNc1ccc(S(C)(=O)=O)cc1[N+](=O)[O-]. The van der Waals surface area contributed by atoms with E-state index >= 15 is 0 Å². The molecule has 2 rings (SSSR count). The number of hydrogen-bond acceptors (Lipinski definition) is 7. The van der Waals surface area contributed by atoms with E-state index in [9.17, 15) is 23.3 Å². The molecule has 0 aromatic heterocycles. The Bertz CT molecular complexity index is 1070. The lowest BCUT2D eigenvalue weighted by Gasteiger charge is -2.13. The number of sulfone groups is 1. The molecular formula is C21H27N3O6S. The minimum atomic E-state index is -3.56. The number of anilines is 1. The molecule has 2 N–H and O–H groups in total. The van der Waals surface area contributed by atoms with E-state index in [-0.39, 0.29) is 41.9 Å². The molecular weight excluding hydrogens is 422 g/mol. The van der Waals surface area contributed by atoms with E-state index in [1.165, 1.54) is 12.1 Å². The zero-order valence-electron chi connectivity index (χ0n) is 18.0. The second-order valence-corrected chi connectivity index (χ2v) is 9.47. The molecule has 10 heteroatoms. The molecule has 0 heterocycles. The number of carbonyl (C=O) groups excluding carboxylic acids is 1. The number of benzene rings is 2. The first-order valence-electron chi connectivity index (χ1n) is 9.71. The van der Waals surface area contributed by atoms with Gasteiger partial charge in [-0.15, -0.1) is 0 Å². The van der Waals surface area contributed by atoms with E-state index < -0.39 is 14.8 Å². The van der Waals surface area contributed by atoms with Gasteiger partial charge in [-0.05, 0) is 42.2 Å². The molecule has 0 atom stereocenters. The number of nitro benzene ring substituents is 1. The lowest BCUT2D eigenvalue weighted by molar-refractivity contribution is -0.384. The van der Waals surface area contributed by atoms with Crippen LogP contribution in [-0.4, -0.2) is 45.2 Å². The number of nitro groups is 1. The van der Waals surface area contributed by atoms with Gasteiger partial charge < -0.3 is 15.4 Å². The quantitative estimate of drug-likeness (QED) is 0.324. The fourth-order valence-corrected chi connectivity index (χ4v) is 3.41. The van der Waals surface area contributed by atoms with Gasteiger partial charge in [0.25, 0.3) is 11.6 Å². The van der Waals surface area contributed by atoms with Gasteiger partial charge in [0, 0.05) is 25.4 Å². The predicted octanol–water partition coefficient (Wildman–Crippen LogP) is 3.04. The normalized spacial score (nSPS) is 11.3. The number of rotatable bonds is 10. The third-order valence-electron chi connectivity index (χ3n) is 4.59. The molecule has 0 saturated heterocycles. The molecule has 0 saturated carbocycles. The maximum Gasteiger partial charge on any atom is 0.293 e. The molecule has 0 spiro atoms. The van der Waals surface area contributed by atoms with Gasteiger partial charge in [0.05, 0.1) is 9.82 Å². The third-order valence-corrected chi connectivity index (χ3v) is 5.70. The molecule has 31 heavy (non-hydrogen) atoms. The van der Waals surface area contributed by atoms with Crippen molar-refractivity contribution in [1.29, 1.82) is 0 Å². The molecule has 0 radical (unpaired) electrons. The average Bonchev–Trinajstić information content (AvgIpc) is 2.69. The van der Waals surface area contributed by atoms with Gasteiger partial charge in [0.15, 0.2) is 16.4 Å². The Hall–Kier alpha value is -3.14. The fourth-order valence-electron chi connectivity index (χ4n) is 2.77. The van der Waals surface area contributed by atoms with Crippen molar-refractivity contribution in [2.24, 2.45) is 0 Å². The van der Waals surface area contributed by atoms with Gasteiger partial charge >= 0.3 is 0 Å². The van der Waals surface area contributed by atoms with Crippen LogP contribution in [0, 0.1) is 17.0 Å². The summed E-state index contributed by atoms with van der Waals surface area (Å²) in [7, 11) is -3.56. The fraction of sp³-hybridized carbons (Fsp3) is 0.381. The highest BCUT2D eigenvalue weighted by atomic mass is 32.2. The maximum absolute atomic E-state index is 12.0. The zero-order chi connectivity index (χ0) is 23.2. The van der Waals surface area contributed by atoms with Gasteiger partial charge in [0.1, 0.15) is 11.4 Å². The number of aryl methyl sites for hydroxylation is 1. The lowest BCUT2D eigenvalue weighted by atomic mass is 10.0. The van der Waals surface area contributed by atoms with Crippen molar-refractivity contribution < 1.29 is 22.9 Å². The van der Waals surface area contributed by atoms with Crippen LogP contribution < -0.4 is 15.4 Å². The van der Waals surface area contributed by atoms with Crippen molar-refractivity contribution >= 4 is 27.1 Å². The molecule has 0 aliphatic heterocycles. The number of nitrogens with one attached hydrogen (secondary N) is 2. The molecule has 0 bridgehead atoms. The van der Waals surface area contributed by atoms with Crippen LogP contribution in [0.5, 0.6) is 5.75 Å². The first kappa shape index (κ1) is 24.1. The molecule has 168 valence electrons. The van der Waals surface area contributed by atoms with Crippen molar-refractivity contribution in [3.05, 3.63) is 57.6 Å². The van der Waals surface area contributed by atoms with Crippen LogP contribution in [0.25, 0.3) is 0 Å². The summed E-state index contributed by atoms with van der Waals surface area (Å²) in [5.41, 5.74) is 1.87. The van der Waals surface area contributed by atoms with E-state index in [2.05, 4.69) is 24.5 Å². The van der Waals surface area contributed by atoms with Gasteiger partial charge in [-0.1, -0.05) is 26.0 Å². The van der Waals surface area contributed by atoms with Crippen LogP contribution in [-0.2, 0) is 14.6 Å². The topological polar surface area (TPSA) is 128 Å². The van der Waals surface area contributed by atoms with E-state index in [0.717, 1.165) is 23.4 Å². The number of amides is 1. The van der Waals surface area contributed by atoms with Crippen molar-refractivity contribution in [3.8, 4) is 5.75 Å². The Morgan fingerprint density at radius 2 is 1.87 bits per heavy atom. The average molecular weight is 450 g/mol. The summed E-state index contributed by atoms with van der Waals surface area (Å²) in [5.74, 6) is 0.678. The predicted molar refractivity (Wildman–Crippen MR) is 118 cm³/mol. The van der Waals surface area contributed by atoms with E-state index in [4.69, 9.17) is 4.74 Å². The Morgan fingerprint density at radius 1 is 1.16 bits per heavy atom. The molecule has 0 aliphatic carbocycles. The highest BCUT2D eigenvalue weighted by Crippen LogP contribution is 2.27.